The van der Waals surface area contributed by atoms with Crippen LogP contribution in [0.25, 0.3) is 16.6 Å². The van der Waals surface area contributed by atoms with Crippen LogP contribution in [0.2, 0.25) is 0 Å². The van der Waals surface area contributed by atoms with Crippen molar-refractivity contribution < 1.29 is 0 Å². The summed E-state index contributed by atoms with van der Waals surface area (Å²) in [5, 5.41) is 7.35. The number of H-pyrrole nitrogens is 1. The van der Waals surface area contributed by atoms with Gasteiger partial charge in [-0.2, -0.15) is 5.10 Å². The van der Waals surface area contributed by atoms with E-state index in [1.165, 1.54) is 0 Å². The fourth-order valence-electron chi connectivity index (χ4n) is 1.65. The topological polar surface area (TPSA) is 50.2 Å². The summed E-state index contributed by atoms with van der Waals surface area (Å²) in [6.07, 6.45) is 0. The van der Waals surface area contributed by atoms with Gasteiger partial charge in [0.1, 0.15) is 0 Å². The molecule has 0 radical (unpaired) electrons. The zero-order valence-corrected chi connectivity index (χ0v) is 7.27. The summed E-state index contributed by atoms with van der Waals surface area (Å²) in [6.45, 7) is 0. The molecule has 0 spiro atoms. The third-order valence-corrected chi connectivity index (χ3v) is 2.29. The second-order valence-corrected chi connectivity index (χ2v) is 3.11. The Morgan fingerprint density at radius 3 is 2.93 bits per heavy atom. The first-order valence-corrected chi connectivity index (χ1v) is 4.31. The van der Waals surface area contributed by atoms with E-state index in [1.54, 1.807) is 4.40 Å². The number of pyridine rings is 1. The molecule has 3 rings (SSSR count). The molecule has 1 aromatic carbocycles. The SMILES string of the molecule is O=c1[nH]nc2ccc3ccccc3n12. The Labute approximate surface area is 78.8 Å². The van der Waals surface area contributed by atoms with Crippen LogP contribution < -0.4 is 5.69 Å². The fourth-order valence-corrected chi connectivity index (χ4v) is 1.65. The van der Waals surface area contributed by atoms with Crippen molar-refractivity contribution in [1.29, 1.82) is 0 Å². The Morgan fingerprint density at radius 2 is 2.00 bits per heavy atom. The molecule has 2 heterocycles. The van der Waals surface area contributed by atoms with Crippen molar-refractivity contribution in [3.05, 3.63) is 46.9 Å². The van der Waals surface area contributed by atoms with E-state index >= 15 is 0 Å². The minimum Gasteiger partial charge on any atom is -0.246 e. The number of aromatic nitrogens is 3. The molecule has 4 nitrogen and oxygen atoms in total. The molecule has 68 valence electrons. The number of nitrogens with one attached hydrogen (secondary N) is 1. The number of hydrogen-bond acceptors (Lipinski definition) is 2. The molecule has 0 bridgehead atoms. The maximum absolute atomic E-state index is 11.4. The van der Waals surface area contributed by atoms with E-state index in [0.29, 0.717) is 5.65 Å². The average molecular weight is 185 g/mol. The number of aromatic amines is 1. The van der Waals surface area contributed by atoms with Gasteiger partial charge in [0.05, 0.1) is 5.52 Å². The van der Waals surface area contributed by atoms with E-state index in [1.807, 2.05) is 36.4 Å². The van der Waals surface area contributed by atoms with Gasteiger partial charge in [0.2, 0.25) is 0 Å². The molecular weight excluding hydrogens is 178 g/mol. The van der Waals surface area contributed by atoms with Gasteiger partial charge in [0.15, 0.2) is 5.65 Å². The number of fused-ring (bicyclic) bond motifs is 3. The Kier molecular flexibility index (Phi) is 1.28. The largest absolute Gasteiger partial charge is 0.348 e. The molecule has 0 aliphatic rings. The van der Waals surface area contributed by atoms with Crippen molar-refractivity contribution in [2.45, 2.75) is 0 Å². The van der Waals surface area contributed by atoms with Gasteiger partial charge in [-0.25, -0.2) is 14.3 Å². The van der Waals surface area contributed by atoms with E-state index in [9.17, 15) is 4.79 Å². The zero-order valence-electron chi connectivity index (χ0n) is 7.27. The maximum atomic E-state index is 11.4. The molecule has 0 amide bonds. The molecule has 0 saturated heterocycles. The standard InChI is InChI=1S/C10H7N3O/c14-10-12-11-9-6-5-7-3-1-2-4-8(7)13(9)10/h1-6H,(H,12,14). The first-order valence-electron chi connectivity index (χ1n) is 4.31. The first kappa shape index (κ1) is 7.32. The summed E-state index contributed by atoms with van der Waals surface area (Å²) in [4.78, 5) is 11.4. The molecular formula is C10H7N3O. The molecule has 0 aliphatic carbocycles. The van der Waals surface area contributed by atoms with E-state index in [4.69, 9.17) is 0 Å². The molecule has 0 atom stereocenters. The first-order chi connectivity index (χ1) is 6.86. The predicted molar refractivity (Wildman–Crippen MR) is 53.3 cm³/mol. The Morgan fingerprint density at radius 1 is 1.14 bits per heavy atom. The normalized spacial score (nSPS) is 11.1. The summed E-state index contributed by atoms with van der Waals surface area (Å²) in [7, 11) is 0. The highest BCUT2D eigenvalue weighted by atomic mass is 16.1. The van der Waals surface area contributed by atoms with Gasteiger partial charge in [-0.15, -0.1) is 0 Å². The Balaban J connectivity index is 2.72. The molecule has 0 fully saturated rings. The highest BCUT2D eigenvalue weighted by Crippen LogP contribution is 2.12. The van der Waals surface area contributed by atoms with Crippen LogP contribution >= 0.6 is 0 Å². The van der Waals surface area contributed by atoms with Crippen LogP contribution in [0.1, 0.15) is 0 Å². The Hall–Kier alpha value is -2.10. The minimum absolute atomic E-state index is 0.197. The van der Waals surface area contributed by atoms with Crippen molar-refractivity contribution in [3.8, 4) is 0 Å². The molecule has 1 N–H and O–H groups in total. The predicted octanol–water partition coefficient (Wildman–Crippen LogP) is 1.18. The molecule has 2 aromatic heterocycles. The lowest BCUT2D eigenvalue weighted by molar-refractivity contribution is 1.04. The van der Waals surface area contributed by atoms with E-state index in [0.717, 1.165) is 10.9 Å². The van der Waals surface area contributed by atoms with Crippen LogP contribution in [-0.2, 0) is 0 Å². The quantitative estimate of drug-likeness (QED) is 0.571. The fraction of sp³-hybridized carbons (Fsp3) is 0. The van der Waals surface area contributed by atoms with Gasteiger partial charge in [-0.3, -0.25) is 0 Å². The van der Waals surface area contributed by atoms with E-state index in [2.05, 4.69) is 10.2 Å². The van der Waals surface area contributed by atoms with Crippen LogP contribution in [0.4, 0.5) is 0 Å². The van der Waals surface area contributed by atoms with E-state index < -0.39 is 0 Å². The summed E-state index contributed by atoms with van der Waals surface area (Å²) < 4.78 is 1.56. The van der Waals surface area contributed by atoms with Crippen LogP contribution in [-0.4, -0.2) is 14.6 Å². The summed E-state index contributed by atoms with van der Waals surface area (Å²) in [6, 6.07) is 11.5. The van der Waals surface area contributed by atoms with Crippen molar-refractivity contribution in [3.63, 3.8) is 0 Å². The van der Waals surface area contributed by atoms with Gasteiger partial charge in [-0.05, 0) is 23.6 Å². The number of hydrogen-bond donors (Lipinski definition) is 1. The smallest absolute Gasteiger partial charge is 0.246 e. The van der Waals surface area contributed by atoms with Gasteiger partial charge < -0.3 is 0 Å². The molecule has 0 aliphatic heterocycles. The monoisotopic (exact) mass is 185 g/mol. The number of benzene rings is 1. The Bertz CT molecular complexity index is 665. The lowest BCUT2D eigenvalue weighted by Gasteiger charge is -1.98. The van der Waals surface area contributed by atoms with Crippen LogP contribution in [0.5, 0.6) is 0 Å². The second-order valence-electron chi connectivity index (χ2n) is 3.11. The van der Waals surface area contributed by atoms with Crippen LogP contribution in [0, 0.1) is 0 Å². The van der Waals surface area contributed by atoms with Crippen LogP contribution in [0.3, 0.4) is 0 Å². The number of rotatable bonds is 0. The van der Waals surface area contributed by atoms with Gasteiger partial charge in [0, 0.05) is 0 Å². The number of para-hydroxylation sites is 1. The minimum atomic E-state index is -0.197. The van der Waals surface area contributed by atoms with Crippen molar-refractivity contribution >= 4 is 16.6 Å². The van der Waals surface area contributed by atoms with Gasteiger partial charge in [-0.1, -0.05) is 18.2 Å². The molecule has 0 unspecified atom stereocenters. The lowest BCUT2D eigenvalue weighted by Crippen LogP contribution is -2.09. The highest BCUT2D eigenvalue weighted by molar-refractivity contribution is 5.81. The summed E-state index contributed by atoms with van der Waals surface area (Å²) in [5.41, 5.74) is 1.33. The third-order valence-electron chi connectivity index (χ3n) is 2.29. The third kappa shape index (κ3) is 0.821. The summed E-state index contributed by atoms with van der Waals surface area (Å²) in [5.74, 6) is 0. The van der Waals surface area contributed by atoms with Crippen molar-refractivity contribution in [1.82, 2.24) is 14.6 Å². The van der Waals surface area contributed by atoms with E-state index in [-0.39, 0.29) is 5.69 Å². The summed E-state index contributed by atoms with van der Waals surface area (Å²) >= 11 is 0. The lowest BCUT2D eigenvalue weighted by atomic mass is 10.2. The van der Waals surface area contributed by atoms with Crippen molar-refractivity contribution in [2.24, 2.45) is 0 Å². The van der Waals surface area contributed by atoms with Gasteiger partial charge in [0.25, 0.3) is 0 Å². The maximum Gasteiger partial charge on any atom is 0.348 e. The zero-order chi connectivity index (χ0) is 9.54. The second kappa shape index (κ2) is 2.45. The molecule has 3 aromatic rings. The van der Waals surface area contributed by atoms with Crippen molar-refractivity contribution in [2.75, 3.05) is 0 Å². The molecule has 14 heavy (non-hydrogen) atoms. The number of nitrogens with zero attached hydrogens (tertiary/aromatic N) is 2. The highest BCUT2D eigenvalue weighted by Gasteiger charge is 2.02. The molecule has 0 saturated carbocycles. The van der Waals surface area contributed by atoms with Gasteiger partial charge >= 0.3 is 5.69 Å². The van der Waals surface area contributed by atoms with Crippen LogP contribution in [0.15, 0.2) is 41.2 Å². The average Bonchev–Trinajstić information content (AvgIpc) is 2.61. The molecule has 4 heteroatoms.